The van der Waals surface area contributed by atoms with Gasteiger partial charge in [0.05, 0.1) is 12.2 Å². The zero-order valence-corrected chi connectivity index (χ0v) is 8.79. The maximum Gasteiger partial charge on any atom is 0.446 e. The van der Waals surface area contributed by atoms with E-state index in [2.05, 4.69) is 18.5 Å². The van der Waals surface area contributed by atoms with Crippen LogP contribution in [0, 0.1) is 0 Å². The number of nitrogens with zero attached hydrogens (tertiary/aromatic N) is 3. The number of aromatic nitrogens is 1. The van der Waals surface area contributed by atoms with Crippen LogP contribution in [0.4, 0.5) is 0 Å². The van der Waals surface area contributed by atoms with Crippen molar-refractivity contribution in [1.82, 2.24) is 10.2 Å². The molecule has 0 amide bonds. The molecule has 0 spiro atoms. The summed E-state index contributed by atoms with van der Waals surface area (Å²) in [5.41, 5.74) is 6.07. The third kappa shape index (κ3) is 2.45. The Morgan fingerprint density at radius 1 is 1.50 bits per heavy atom. The standard InChI is InChI=1S/C7H8N4O4S/c8-7(11-14-16(12,13)15-11)10-5-6-3-1-2-4-9-6/h1-4H,5H2,(H2,8,10). The van der Waals surface area contributed by atoms with Crippen molar-refractivity contribution >= 4 is 16.4 Å². The van der Waals surface area contributed by atoms with Gasteiger partial charge in [-0.1, -0.05) is 19.9 Å². The highest BCUT2D eigenvalue weighted by molar-refractivity contribution is 7.82. The minimum Gasteiger partial charge on any atom is -0.366 e. The highest BCUT2D eigenvalue weighted by Gasteiger charge is 2.37. The first kappa shape index (κ1) is 10.8. The number of guanidine groups is 1. The Bertz CT molecular complexity index is 488. The molecule has 8 nitrogen and oxygen atoms in total. The van der Waals surface area contributed by atoms with Crippen LogP contribution in [0.5, 0.6) is 0 Å². The lowest BCUT2D eigenvalue weighted by atomic mass is 10.3. The van der Waals surface area contributed by atoms with Crippen LogP contribution in [0.2, 0.25) is 0 Å². The molecule has 2 N–H and O–H groups in total. The Morgan fingerprint density at radius 3 is 2.81 bits per heavy atom. The van der Waals surface area contributed by atoms with E-state index in [0.29, 0.717) is 10.9 Å². The van der Waals surface area contributed by atoms with Gasteiger partial charge in [0.15, 0.2) is 0 Å². The average molecular weight is 244 g/mol. The SMILES string of the molecule is NC(=NCc1ccccn1)N1OS(=O)(=O)O1. The molecule has 0 unspecified atom stereocenters. The Kier molecular flexibility index (Phi) is 2.73. The van der Waals surface area contributed by atoms with E-state index in [-0.39, 0.29) is 12.5 Å². The highest BCUT2D eigenvalue weighted by Crippen LogP contribution is 2.15. The fourth-order valence-corrected chi connectivity index (χ4v) is 1.45. The maximum atomic E-state index is 10.5. The number of hydroxylamine groups is 2. The average Bonchev–Trinajstić information content (AvgIpc) is 2.24. The molecule has 2 heterocycles. The monoisotopic (exact) mass is 244 g/mol. The summed E-state index contributed by atoms with van der Waals surface area (Å²) in [5.74, 6) is -0.194. The van der Waals surface area contributed by atoms with Gasteiger partial charge in [0, 0.05) is 6.20 Å². The zero-order valence-electron chi connectivity index (χ0n) is 7.98. The van der Waals surface area contributed by atoms with Crippen LogP contribution < -0.4 is 5.73 Å². The van der Waals surface area contributed by atoms with Gasteiger partial charge in [-0.25, -0.2) is 4.99 Å². The quantitative estimate of drug-likeness (QED) is 0.542. The Hall–Kier alpha value is -1.71. The second-order valence-electron chi connectivity index (χ2n) is 2.81. The lowest BCUT2D eigenvalue weighted by Gasteiger charge is -2.25. The van der Waals surface area contributed by atoms with Crippen molar-refractivity contribution in [1.29, 1.82) is 0 Å². The lowest BCUT2D eigenvalue weighted by molar-refractivity contribution is -0.269. The van der Waals surface area contributed by atoms with Crippen molar-refractivity contribution < 1.29 is 17.0 Å². The van der Waals surface area contributed by atoms with Gasteiger partial charge < -0.3 is 5.73 Å². The molecule has 0 radical (unpaired) electrons. The van der Waals surface area contributed by atoms with Gasteiger partial charge in [0.1, 0.15) is 0 Å². The molecule has 0 atom stereocenters. The summed E-state index contributed by atoms with van der Waals surface area (Å²) in [7, 11) is -3.91. The second kappa shape index (κ2) is 4.04. The van der Waals surface area contributed by atoms with E-state index in [1.54, 1.807) is 24.4 Å². The molecular formula is C7H8N4O4S. The molecule has 1 fully saturated rings. The molecule has 2 rings (SSSR count). The molecule has 86 valence electrons. The zero-order chi connectivity index (χ0) is 11.6. The third-order valence-electron chi connectivity index (χ3n) is 1.63. The van der Waals surface area contributed by atoms with E-state index in [9.17, 15) is 8.42 Å². The molecule has 16 heavy (non-hydrogen) atoms. The van der Waals surface area contributed by atoms with E-state index in [1.807, 2.05) is 0 Å². The number of hydrogen-bond donors (Lipinski definition) is 1. The molecule has 1 aliphatic rings. The smallest absolute Gasteiger partial charge is 0.366 e. The number of pyridine rings is 1. The van der Waals surface area contributed by atoms with Crippen molar-refractivity contribution in [3.63, 3.8) is 0 Å². The molecule has 1 aromatic heterocycles. The van der Waals surface area contributed by atoms with Crippen LogP contribution in [-0.2, 0) is 25.5 Å². The summed E-state index contributed by atoms with van der Waals surface area (Å²) in [6.45, 7) is 0.204. The molecule has 0 bridgehead atoms. The summed E-state index contributed by atoms with van der Waals surface area (Å²) in [4.78, 5) is 7.83. The summed E-state index contributed by atoms with van der Waals surface area (Å²) in [5, 5.41) is 0.512. The van der Waals surface area contributed by atoms with Gasteiger partial charge in [0.2, 0.25) is 5.96 Å². The van der Waals surface area contributed by atoms with Crippen LogP contribution in [0.25, 0.3) is 0 Å². The van der Waals surface area contributed by atoms with E-state index in [1.165, 1.54) is 0 Å². The Morgan fingerprint density at radius 2 is 2.25 bits per heavy atom. The summed E-state index contributed by atoms with van der Waals surface area (Å²) in [6.07, 6.45) is 1.61. The highest BCUT2D eigenvalue weighted by atomic mass is 32.3. The van der Waals surface area contributed by atoms with Gasteiger partial charge >= 0.3 is 10.4 Å². The van der Waals surface area contributed by atoms with Gasteiger partial charge in [-0.3, -0.25) is 4.98 Å². The number of aliphatic imine (C=N–C) groups is 1. The molecule has 1 aliphatic heterocycles. The fraction of sp³-hybridized carbons (Fsp3) is 0.143. The predicted molar refractivity (Wildman–Crippen MR) is 52.5 cm³/mol. The van der Waals surface area contributed by atoms with E-state index < -0.39 is 10.4 Å². The van der Waals surface area contributed by atoms with Crippen molar-refractivity contribution in [2.45, 2.75) is 6.54 Å². The van der Waals surface area contributed by atoms with Gasteiger partial charge in [-0.05, 0) is 12.1 Å². The molecule has 0 aliphatic carbocycles. The lowest BCUT2D eigenvalue weighted by Crippen LogP contribution is -2.49. The number of nitrogens with two attached hydrogens (primary N) is 1. The second-order valence-corrected chi connectivity index (χ2v) is 3.92. The van der Waals surface area contributed by atoms with Crippen LogP contribution in [0.3, 0.4) is 0 Å². The van der Waals surface area contributed by atoms with Crippen molar-refractivity contribution in [3.8, 4) is 0 Å². The van der Waals surface area contributed by atoms with Crippen molar-refractivity contribution in [3.05, 3.63) is 30.1 Å². The summed E-state index contributed by atoms with van der Waals surface area (Å²) in [6, 6.07) is 5.32. The van der Waals surface area contributed by atoms with Gasteiger partial charge in [-0.15, -0.1) is 0 Å². The Labute approximate surface area is 91.5 Å². The van der Waals surface area contributed by atoms with Crippen LogP contribution in [0.1, 0.15) is 5.69 Å². The van der Waals surface area contributed by atoms with Gasteiger partial charge in [0.25, 0.3) is 0 Å². The molecule has 9 heteroatoms. The summed E-state index contributed by atoms with van der Waals surface area (Å²) < 4.78 is 29.3. The molecular weight excluding hydrogens is 236 g/mol. The largest absolute Gasteiger partial charge is 0.446 e. The van der Waals surface area contributed by atoms with Crippen LogP contribution in [0.15, 0.2) is 29.4 Å². The first-order valence-electron chi connectivity index (χ1n) is 4.21. The fourth-order valence-electron chi connectivity index (χ4n) is 0.959. The van der Waals surface area contributed by atoms with E-state index in [0.717, 1.165) is 0 Å². The molecule has 0 saturated carbocycles. The summed E-state index contributed by atoms with van der Waals surface area (Å²) >= 11 is 0. The molecule has 1 aromatic rings. The van der Waals surface area contributed by atoms with Crippen molar-refractivity contribution in [2.24, 2.45) is 10.7 Å². The van der Waals surface area contributed by atoms with Crippen LogP contribution >= 0.6 is 0 Å². The first-order chi connectivity index (χ1) is 7.57. The van der Waals surface area contributed by atoms with E-state index in [4.69, 9.17) is 5.73 Å². The normalized spacial score (nSPS) is 19.2. The topological polar surface area (TPSA) is 107 Å². The minimum absolute atomic E-state index is 0.194. The van der Waals surface area contributed by atoms with Crippen LogP contribution in [-0.4, -0.2) is 24.6 Å². The van der Waals surface area contributed by atoms with Gasteiger partial charge in [-0.2, -0.15) is 8.42 Å². The third-order valence-corrected chi connectivity index (χ3v) is 2.27. The Balaban J connectivity index is 1.94. The minimum atomic E-state index is -3.91. The maximum absolute atomic E-state index is 10.5. The number of hydrogen-bond acceptors (Lipinski definition) is 6. The number of rotatable bonds is 2. The van der Waals surface area contributed by atoms with E-state index >= 15 is 0 Å². The predicted octanol–water partition coefficient (Wildman–Crippen LogP) is -0.680. The first-order valence-corrected chi connectivity index (χ1v) is 5.54. The molecule has 1 saturated heterocycles. The van der Waals surface area contributed by atoms with Crippen molar-refractivity contribution in [2.75, 3.05) is 0 Å². The molecule has 0 aromatic carbocycles.